The van der Waals surface area contributed by atoms with Gasteiger partial charge in [-0.3, -0.25) is 14.0 Å². The normalized spacial score (nSPS) is 17.7. The fourth-order valence-electron chi connectivity index (χ4n) is 2.61. The summed E-state index contributed by atoms with van der Waals surface area (Å²) in [6.07, 6.45) is 2.85. The molecule has 0 unspecified atom stereocenters. The molecule has 0 aromatic carbocycles. The molecule has 24 heavy (non-hydrogen) atoms. The Morgan fingerprint density at radius 3 is 3.04 bits per heavy atom. The number of nitrogens with zero attached hydrogens (tertiary/aromatic N) is 3. The molecule has 0 aliphatic carbocycles. The Balaban J connectivity index is 1.96. The first-order valence-electron chi connectivity index (χ1n) is 7.65. The van der Waals surface area contributed by atoms with Crippen LogP contribution in [0.4, 0.5) is 0 Å². The van der Waals surface area contributed by atoms with E-state index in [1.807, 2.05) is 0 Å². The van der Waals surface area contributed by atoms with Gasteiger partial charge in [-0.25, -0.2) is 9.78 Å². The summed E-state index contributed by atoms with van der Waals surface area (Å²) in [4.78, 5) is 43.1. The minimum Gasteiger partial charge on any atom is -0.464 e. The molecular formula is C16H17N3O4S. The van der Waals surface area contributed by atoms with Crippen LogP contribution in [0.5, 0.6) is 0 Å². The van der Waals surface area contributed by atoms with Gasteiger partial charge in [0.25, 0.3) is 11.5 Å². The zero-order valence-corrected chi connectivity index (χ0v) is 14.0. The molecule has 1 aliphatic rings. The molecule has 1 fully saturated rings. The topological polar surface area (TPSA) is 81.0 Å². The third kappa shape index (κ3) is 3.01. The van der Waals surface area contributed by atoms with E-state index in [9.17, 15) is 14.4 Å². The zero-order valence-electron chi connectivity index (χ0n) is 13.2. The fourth-order valence-corrected chi connectivity index (χ4v) is 3.64. The summed E-state index contributed by atoms with van der Waals surface area (Å²) in [6, 6.07) is 4.48. The van der Waals surface area contributed by atoms with Gasteiger partial charge in [0.05, 0.1) is 6.61 Å². The number of rotatable bonds is 3. The van der Waals surface area contributed by atoms with Crippen molar-refractivity contribution in [3.8, 4) is 0 Å². The Labute approximate surface area is 142 Å². The molecule has 8 heteroatoms. The van der Waals surface area contributed by atoms with Gasteiger partial charge in [0, 0.05) is 30.4 Å². The molecule has 0 radical (unpaired) electrons. The Bertz CT molecular complexity index is 835. The van der Waals surface area contributed by atoms with Crippen LogP contribution in [0.25, 0.3) is 5.65 Å². The van der Waals surface area contributed by atoms with Gasteiger partial charge in [-0.1, -0.05) is 6.07 Å². The van der Waals surface area contributed by atoms with E-state index in [1.165, 1.54) is 15.5 Å². The van der Waals surface area contributed by atoms with Gasteiger partial charge in [-0.05, 0) is 19.1 Å². The van der Waals surface area contributed by atoms with E-state index in [2.05, 4.69) is 4.98 Å². The summed E-state index contributed by atoms with van der Waals surface area (Å²) in [6.45, 7) is 2.37. The monoisotopic (exact) mass is 347 g/mol. The van der Waals surface area contributed by atoms with Crippen molar-refractivity contribution >= 4 is 29.3 Å². The Kier molecular flexibility index (Phi) is 4.84. The minimum atomic E-state index is -0.674. The molecule has 3 rings (SSSR count). The molecule has 126 valence electrons. The van der Waals surface area contributed by atoms with Gasteiger partial charge in [0.1, 0.15) is 17.3 Å². The average Bonchev–Trinajstić information content (AvgIpc) is 2.62. The van der Waals surface area contributed by atoms with Gasteiger partial charge in [-0.15, -0.1) is 0 Å². The van der Waals surface area contributed by atoms with E-state index in [0.717, 1.165) is 0 Å². The second-order valence-electron chi connectivity index (χ2n) is 5.25. The molecule has 2 aromatic heterocycles. The standard InChI is InChI=1S/C16H17N3O4S/c1-2-23-16(22)12-10-24-8-7-18(12)14(20)11-9-17-13-5-3-4-6-19(13)15(11)21/h3-6,9,12H,2,7-8,10H2,1H3/t12-/m0/s1. The maximum Gasteiger partial charge on any atom is 0.329 e. The molecule has 0 N–H and O–H groups in total. The Morgan fingerprint density at radius 2 is 2.25 bits per heavy atom. The largest absolute Gasteiger partial charge is 0.464 e. The second kappa shape index (κ2) is 7.04. The third-order valence-electron chi connectivity index (χ3n) is 3.79. The number of carbonyl (C=O) groups excluding carboxylic acids is 2. The number of aromatic nitrogens is 2. The van der Waals surface area contributed by atoms with Crippen molar-refractivity contribution in [1.29, 1.82) is 0 Å². The van der Waals surface area contributed by atoms with Crippen molar-refractivity contribution in [2.45, 2.75) is 13.0 Å². The van der Waals surface area contributed by atoms with Crippen LogP contribution >= 0.6 is 11.8 Å². The lowest BCUT2D eigenvalue weighted by Crippen LogP contribution is -2.52. The van der Waals surface area contributed by atoms with E-state index in [4.69, 9.17) is 4.74 Å². The highest BCUT2D eigenvalue weighted by molar-refractivity contribution is 7.99. The fraction of sp³-hybridized carbons (Fsp3) is 0.375. The second-order valence-corrected chi connectivity index (χ2v) is 6.40. The Hall–Kier alpha value is -2.35. The van der Waals surface area contributed by atoms with Gasteiger partial charge in [0.15, 0.2) is 0 Å². The average molecular weight is 347 g/mol. The number of hydrogen-bond donors (Lipinski definition) is 0. The molecule has 3 heterocycles. The summed E-state index contributed by atoms with van der Waals surface area (Å²) >= 11 is 1.59. The van der Waals surface area contributed by atoms with Crippen molar-refractivity contribution in [2.24, 2.45) is 0 Å². The summed E-state index contributed by atoms with van der Waals surface area (Å²) in [5.41, 5.74) is -0.0125. The number of esters is 1. The maximum atomic E-state index is 12.8. The predicted molar refractivity (Wildman–Crippen MR) is 90.2 cm³/mol. The van der Waals surface area contributed by atoms with Crippen molar-refractivity contribution in [1.82, 2.24) is 14.3 Å². The van der Waals surface area contributed by atoms with Gasteiger partial charge < -0.3 is 9.64 Å². The number of carbonyl (C=O) groups is 2. The van der Waals surface area contributed by atoms with Crippen LogP contribution in [0.3, 0.4) is 0 Å². The molecular weight excluding hydrogens is 330 g/mol. The number of fused-ring (bicyclic) bond motifs is 1. The van der Waals surface area contributed by atoms with Crippen molar-refractivity contribution in [3.05, 3.63) is 46.5 Å². The third-order valence-corrected chi connectivity index (χ3v) is 4.81. The van der Waals surface area contributed by atoms with Crippen LogP contribution in [0.15, 0.2) is 35.4 Å². The molecule has 1 amide bonds. The van der Waals surface area contributed by atoms with Gasteiger partial charge in [-0.2, -0.15) is 11.8 Å². The summed E-state index contributed by atoms with van der Waals surface area (Å²) < 4.78 is 6.38. The number of ether oxygens (including phenoxy) is 1. The van der Waals surface area contributed by atoms with Gasteiger partial charge >= 0.3 is 5.97 Å². The van der Waals surface area contributed by atoms with Crippen LogP contribution < -0.4 is 5.56 Å². The summed E-state index contributed by atoms with van der Waals surface area (Å²) in [5.74, 6) is 0.257. The summed E-state index contributed by atoms with van der Waals surface area (Å²) in [5, 5.41) is 0. The molecule has 1 saturated heterocycles. The highest BCUT2D eigenvalue weighted by Crippen LogP contribution is 2.19. The van der Waals surface area contributed by atoms with Crippen molar-refractivity contribution in [3.63, 3.8) is 0 Å². The van der Waals surface area contributed by atoms with Crippen LogP contribution in [-0.2, 0) is 9.53 Å². The van der Waals surface area contributed by atoms with Crippen LogP contribution in [0, 0.1) is 0 Å². The van der Waals surface area contributed by atoms with E-state index in [-0.39, 0.29) is 12.2 Å². The molecule has 2 aromatic rings. The molecule has 0 saturated carbocycles. The minimum absolute atomic E-state index is 0.0418. The lowest BCUT2D eigenvalue weighted by Gasteiger charge is -2.33. The van der Waals surface area contributed by atoms with E-state index < -0.39 is 23.5 Å². The Morgan fingerprint density at radius 1 is 1.42 bits per heavy atom. The van der Waals surface area contributed by atoms with Crippen LogP contribution in [0.2, 0.25) is 0 Å². The number of thioether (sulfide) groups is 1. The lowest BCUT2D eigenvalue weighted by molar-refractivity contribution is -0.147. The van der Waals surface area contributed by atoms with Crippen LogP contribution in [0.1, 0.15) is 17.3 Å². The van der Waals surface area contributed by atoms with Crippen molar-refractivity contribution in [2.75, 3.05) is 24.7 Å². The molecule has 7 nitrogen and oxygen atoms in total. The number of pyridine rings is 1. The molecule has 0 spiro atoms. The lowest BCUT2D eigenvalue weighted by atomic mass is 10.2. The zero-order chi connectivity index (χ0) is 17.1. The number of hydrogen-bond acceptors (Lipinski definition) is 6. The molecule has 0 bridgehead atoms. The van der Waals surface area contributed by atoms with E-state index in [0.29, 0.717) is 23.7 Å². The van der Waals surface area contributed by atoms with E-state index in [1.54, 1.807) is 43.1 Å². The highest BCUT2D eigenvalue weighted by Gasteiger charge is 2.35. The first-order chi connectivity index (χ1) is 11.6. The SMILES string of the molecule is CCOC(=O)[C@@H]1CSCCN1C(=O)c1cnc2ccccn2c1=O. The molecule has 1 atom stereocenters. The smallest absolute Gasteiger partial charge is 0.329 e. The first-order valence-corrected chi connectivity index (χ1v) is 8.80. The summed E-state index contributed by atoms with van der Waals surface area (Å²) in [7, 11) is 0. The highest BCUT2D eigenvalue weighted by atomic mass is 32.2. The number of amides is 1. The quantitative estimate of drug-likeness (QED) is 0.765. The van der Waals surface area contributed by atoms with Crippen LogP contribution in [-0.4, -0.2) is 56.9 Å². The predicted octanol–water partition coefficient (Wildman–Crippen LogP) is 0.815. The maximum absolute atomic E-state index is 12.8. The molecule has 1 aliphatic heterocycles. The van der Waals surface area contributed by atoms with Crippen molar-refractivity contribution < 1.29 is 14.3 Å². The first kappa shape index (κ1) is 16.5. The van der Waals surface area contributed by atoms with Gasteiger partial charge in [0.2, 0.25) is 0 Å². The van der Waals surface area contributed by atoms with E-state index >= 15 is 0 Å².